The molecule has 0 N–H and O–H groups in total. The summed E-state index contributed by atoms with van der Waals surface area (Å²) in [5.74, 6) is 0. The maximum Gasteiger partial charge on any atom is 0.0673 e. The van der Waals surface area contributed by atoms with Gasteiger partial charge in [-0.15, -0.1) is 0 Å². The Balaban J connectivity index is 2.07. The van der Waals surface area contributed by atoms with Crippen molar-refractivity contribution in [2.75, 3.05) is 19.8 Å². The molecule has 0 spiro atoms. The van der Waals surface area contributed by atoms with Crippen molar-refractivity contribution in [2.45, 2.75) is 39.2 Å². The van der Waals surface area contributed by atoms with Crippen molar-refractivity contribution in [2.24, 2.45) is 0 Å². The van der Waals surface area contributed by atoms with Gasteiger partial charge in [-0.1, -0.05) is 13.3 Å². The lowest BCUT2D eigenvalue weighted by atomic mass is 10.1. The van der Waals surface area contributed by atoms with E-state index >= 15 is 0 Å². The molecule has 2 nitrogen and oxygen atoms in total. The molecule has 0 aliphatic carbocycles. The van der Waals surface area contributed by atoms with Gasteiger partial charge < -0.3 is 9.64 Å². The average molecular weight is 181 g/mol. The number of hydrogen-bond donors (Lipinski definition) is 0. The third kappa shape index (κ3) is 1.60. The molecule has 1 unspecified atom stereocenters. The van der Waals surface area contributed by atoms with E-state index in [-0.39, 0.29) is 0 Å². The van der Waals surface area contributed by atoms with Crippen LogP contribution in [0.25, 0.3) is 0 Å². The molecule has 0 radical (unpaired) electrons. The molecule has 0 aromatic rings. The summed E-state index contributed by atoms with van der Waals surface area (Å²) in [6.07, 6.45) is 3.80. The van der Waals surface area contributed by atoms with Crippen LogP contribution in [-0.4, -0.2) is 30.7 Å². The quantitative estimate of drug-likeness (QED) is 0.647. The fraction of sp³-hybridized carbons (Fsp3) is 0.818. The molecule has 2 heteroatoms. The number of ether oxygens (including phenoxy) is 1. The van der Waals surface area contributed by atoms with E-state index in [4.69, 9.17) is 4.74 Å². The van der Waals surface area contributed by atoms with Crippen LogP contribution in [0.3, 0.4) is 0 Å². The van der Waals surface area contributed by atoms with Gasteiger partial charge in [0.2, 0.25) is 0 Å². The summed E-state index contributed by atoms with van der Waals surface area (Å²) in [7, 11) is 0. The Bertz CT molecular complexity index is 222. The monoisotopic (exact) mass is 181 g/mol. The van der Waals surface area contributed by atoms with Crippen LogP contribution in [-0.2, 0) is 4.74 Å². The summed E-state index contributed by atoms with van der Waals surface area (Å²) in [6.45, 7) is 7.48. The highest BCUT2D eigenvalue weighted by atomic mass is 16.5. The van der Waals surface area contributed by atoms with Crippen molar-refractivity contribution in [3.05, 3.63) is 11.3 Å². The summed E-state index contributed by atoms with van der Waals surface area (Å²) in [5, 5.41) is 0. The molecule has 0 aromatic carbocycles. The lowest BCUT2D eigenvalue weighted by Crippen LogP contribution is -2.40. The van der Waals surface area contributed by atoms with Crippen LogP contribution < -0.4 is 0 Å². The first kappa shape index (κ1) is 9.07. The second kappa shape index (κ2) is 3.70. The van der Waals surface area contributed by atoms with Crippen LogP contribution in [0.4, 0.5) is 0 Å². The Morgan fingerprint density at radius 1 is 1.54 bits per heavy atom. The van der Waals surface area contributed by atoms with Crippen molar-refractivity contribution < 1.29 is 4.74 Å². The van der Waals surface area contributed by atoms with Gasteiger partial charge in [-0.05, 0) is 25.3 Å². The number of fused-ring (bicyclic) bond motifs is 1. The highest BCUT2D eigenvalue weighted by molar-refractivity contribution is 5.20. The third-order valence-corrected chi connectivity index (χ3v) is 3.20. The lowest BCUT2D eigenvalue weighted by Gasteiger charge is -2.32. The number of nitrogens with zero attached hydrogens (tertiary/aromatic N) is 1. The van der Waals surface area contributed by atoms with Gasteiger partial charge in [0.25, 0.3) is 0 Å². The van der Waals surface area contributed by atoms with Crippen molar-refractivity contribution >= 4 is 0 Å². The fourth-order valence-electron chi connectivity index (χ4n) is 2.49. The largest absolute Gasteiger partial charge is 0.377 e. The van der Waals surface area contributed by atoms with Gasteiger partial charge in [-0.25, -0.2) is 0 Å². The standard InChI is InChI=1S/C11H19NO/c1-3-4-10-7-11-8-13-6-5-12(11)9(10)2/h11H,3-8H2,1-2H3. The summed E-state index contributed by atoms with van der Waals surface area (Å²) in [6, 6.07) is 0.662. The Kier molecular flexibility index (Phi) is 2.58. The van der Waals surface area contributed by atoms with Crippen LogP contribution in [0.1, 0.15) is 33.1 Å². The molecule has 0 bridgehead atoms. The van der Waals surface area contributed by atoms with Crippen molar-refractivity contribution in [1.82, 2.24) is 4.90 Å². The Hall–Kier alpha value is -0.500. The average Bonchev–Trinajstić information content (AvgIpc) is 2.46. The van der Waals surface area contributed by atoms with E-state index in [1.165, 1.54) is 25.0 Å². The molecule has 0 aromatic heterocycles. The molecule has 1 saturated heterocycles. The minimum absolute atomic E-state index is 0.662. The van der Waals surface area contributed by atoms with Crippen LogP contribution in [0.5, 0.6) is 0 Å². The first-order valence-electron chi connectivity index (χ1n) is 5.36. The number of morpholine rings is 1. The molecule has 1 atom stereocenters. The van der Waals surface area contributed by atoms with E-state index in [0.29, 0.717) is 6.04 Å². The molecule has 2 heterocycles. The molecular formula is C11H19NO. The highest BCUT2D eigenvalue weighted by Gasteiger charge is 2.30. The van der Waals surface area contributed by atoms with Crippen molar-refractivity contribution in [1.29, 1.82) is 0 Å². The normalized spacial score (nSPS) is 28.2. The van der Waals surface area contributed by atoms with E-state index in [0.717, 1.165) is 19.8 Å². The Morgan fingerprint density at radius 2 is 2.38 bits per heavy atom. The fourth-order valence-corrected chi connectivity index (χ4v) is 2.49. The number of allylic oxidation sites excluding steroid dienone is 1. The second-order valence-corrected chi connectivity index (χ2v) is 4.07. The van der Waals surface area contributed by atoms with Gasteiger partial charge in [0, 0.05) is 12.2 Å². The van der Waals surface area contributed by atoms with E-state index in [9.17, 15) is 0 Å². The molecule has 2 rings (SSSR count). The maximum atomic E-state index is 5.49. The van der Waals surface area contributed by atoms with E-state index in [1.54, 1.807) is 5.57 Å². The van der Waals surface area contributed by atoms with Gasteiger partial charge in [-0.2, -0.15) is 0 Å². The molecule has 13 heavy (non-hydrogen) atoms. The zero-order valence-corrected chi connectivity index (χ0v) is 8.68. The second-order valence-electron chi connectivity index (χ2n) is 4.07. The van der Waals surface area contributed by atoms with Crippen LogP contribution in [0.2, 0.25) is 0 Å². The first-order chi connectivity index (χ1) is 6.33. The third-order valence-electron chi connectivity index (χ3n) is 3.20. The molecular weight excluding hydrogens is 162 g/mol. The van der Waals surface area contributed by atoms with E-state index in [1.807, 2.05) is 0 Å². The topological polar surface area (TPSA) is 12.5 Å². The Morgan fingerprint density at radius 3 is 3.08 bits per heavy atom. The first-order valence-corrected chi connectivity index (χ1v) is 5.36. The van der Waals surface area contributed by atoms with E-state index in [2.05, 4.69) is 18.7 Å². The zero-order chi connectivity index (χ0) is 9.26. The van der Waals surface area contributed by atoms with Gasteiger partial charge in [0.1, 0.15) is 0 Å². The summed E-state index contributed by atoms with van der Waals surface area (Å²) < 4.78 is 5.49. The van der Waals surface area contributed by atoms with Crippen LogP contribution in [0.15, 0.2) is 11.3 Å². The van der Waals surface area contributed by atoms with Crippen LogP contribution in [0, 0.1) is 0 Å². The minimum Gasteiger partial charge on any atom is -0.377 e. The minimum atomic E-state index is 0.662. The predicted octanol–water partition coefficient (Wildman–Crippen LogP) is 2.17. The maximum absolute atomic E-state index is 5.49. The molecule has 0 amide bonds. The highest BCUT2D eigenvalue weighted by Crippen LogP contribution is 2.32. The summed E-state index contributed by atoms with van der Waals surface area (Å²) in [4.78, 5) is 2.54. The lowest BCUT2D eigenvalue weighted by molar-refractivity contribution is 0.0190. The SMILES string of the molecule is CCCC1=C(C)N2CCOCC2C1. The summed E-state index contributed by atoms with van der Waals surface area (Å²) >= 11 is 0. The van der Waals surface area contributed by atoms with Gasteiger partial charge in [0.05, 0.1) is 19.3 Å². The smallest absolute Gasteiger partial charge is 0.0673 e. The van der Waals surface area contributed by atoms with Gasteiger partial charge >= 0.3 is 0 Å². The van der Waals surface area contributed by atoms with Crippen molar-refractivity contribution in [3.63, 3.8) is 0 Å². The molecule has 0 saturated carbocycles. The van der Waals surface area contributed by atoms with Crippen LogP contribution >= 0.6 is 0 Å². The number of rotatable bonds is 2. The van der Waals surface area contributed by atoms with Gasteiger partial charge in [-0.3, -0.25) is 0 Å². The number of hydrogen-bond acceptors (Lipinski definition) is 2. The molecule has 2 aliphatic rings. The predicted molar refractivity (Wildman–Crippen MR) is 53.5 cm³/mol. The molecule has 2 aliphatic heterocycles. The van der Waals surface area contributed by atoms with Crippen molar-refractivity contribution in [3.8, 4) is 0 Å². The zero-order valence-electron chi connectivity index (χ0n) is 8.68. The Labute approximate surface area is 80.6 Å². The summed E-state index contributed by atoms with van der Waals surface area (Å²) in [5.41, 5.74) is 3.20. The molecule has 74 valence electrons. The van der Waals surface area contributed by atoms with Gasteiger partial charge in [0.15, 0.2) is 0 Å². The van der Waals surface area contributed by atoms with E-state index < -0.39 is 0 Å². The molecule has 1 fully saturated rings.